The second-order valence-electron chi connectivity index (χ2n) is 8.22. The summed E-state index contributed by atoms with van der Waals surface area (Å²) in [6.07, 6.45) is 0. The molecule has 2 heterocycles. The van der Waals surface area contributed by atoms with Crippen molar-refractivity contribution in [1.29, 1.82) is 0 Å². The van der Waals surface area contributed by atoms with E-state index in [1.54, 1.807) is 37.3 Å². The monoisotopic (exact) mass is 450 g/mol. The molecule has 174 valence electrons. The highest BCUT2D eigenvalue weighted by atomic mass is 16.5. The normalized spacial score (nSPS) is 14.4. The highest BCUT2D eigenvalue weighted by Gasteiger charge is 2.25. The van der Waals surface area contributed by atoms with Gasteiger partial charge in [-0.1, -0.05) is 18.2 Å². The van der Waals surface area contributed by atoms with Crippen LogP contribution in [0.1, 0.15) is 16.1 Å². The van der Waals surface area contributed by atoms with Crippen molar-refractivity contribution in [3.8, 4) is 11.5 Å². The Bertz CT molecular complexity index is 1180. The van der Waals surface area contributed by atoms with Crippen molar-refractivity contribution in [2.75, 3.05) is 52.3 Å². The zero-order valence-corrected chi connectivity index (χ0v) is 19.6. The third kappa shape index (κ3) is 4.52. The van der Waals surface area contributed by atoms with Gasteiger partial charge < -0.3 is 24.3 Å². The molecule has 1 aliphatic heterocycles. The van der Waals surface area contributed by atoms with Gasteiger partial charge in [-0.05, 0) is 25.1 Å². The van der Waals surface area contributed by atoms with Crippen molar-refractivity contribution in [2.45, 2.75) is 6.92 Å². The SMILES string of the molecule is COc1ccc(OC)c(NC(=O)N2CCN(CC(=O)c3c(C)n(C)c4ccccc34)CC2)c1. The predicted molar refractivity (Wildman–Crippen MR) is 129 cm³/mol. The minimum absolute atomic E-state index is 0.114. The first kappa shape index (κ1) is 22.7. The number of fused-ring (bicyclic) bond motifs is 1. The van der Waals surface area contributed by atoms with Gasteiger partial charge >= 0.3 is 6.03 Å². The Balaban J connectivity index is 1.37. The second-order valence-corrected chi connectivity index (χ2v) is 8.22. The number of aryl methyl sites for hydroxylation is 1. The lowest BCUT2D eigenvalue weighted by atomic mass is 10.1. The smallest absolute Gasteiger partial charge is 0.322 e. The molecule has 1 N–H and O–H groups in total. The third-order valence-electron chi connectivity index (χ3n) is 6.35. The largest absolute Gasteiger partial charge is 0.497 e. The molecule has 0 unspecified atom stereocenters. The maximum atomic E-state index is 13.2. The van der Waals surface area contributed by atoms with E-state index in [0.29, 0.717) is 49.9 Å². The van der Waals surface area contributed by atoms with E-state index in [9.17, 15) is 9.59 Å². The Labute approximate surface area is 193 Å². The number of methoxy groups -OCH3 is 2. The highest BCUT2D eigenvalue weighted by molar-refractivity contribution is 6.10. The lowest BCUT2D eigenvalue weighted by molar-refractivity contribution is 0.0884. The number of para-hydroxylation sites is 1. The molecule has 2 aromatic carbocycles. The molecule has 1 fully saturated rings. The summed E-state index contributed by atoms with van der Waals surface area (Å²) in [5, 5.41) is 3.90. The minimum atomic E-state index is -0.197. The van der Waals surface area contributed by atoms with Crippen LogP contribution in [0.25, 0.3) is 10.9 Å². The van der Waals surface area contributed by atoms with Gasteiger partial charge in [0.15, 0.2) is 5.78 Å². The van der Waals surface area contributed by atoms with Crippen LogP contribution in [0, 0.1) is 6.92 Å². The average molecular weight is 451 g/mol. The summed E-state index contributed by atoms with van der Waals surface area (Å²) in [5.41, 5.74) is 3.39. The van der Waals surface area contributed by atoms with E-state index < -0.39 is 0 Å². The molecule has 1 aliphatic rings. The fraction of sp³-hybridized carbons (Fsp3) is 0.360. The minimum Gasteiger partial charge on any atom is -0.497 e. The maximum absolute atomic E-state index is 13.2. The number of hydrogen-bond acceptors (Lipinski definition) is 5. The van der Waals surface area contributed by atoms with Crippen LogP contribution < -0.4 is 14.8 Å². The Hall–Kier alpha value is -3.52. The molecule has 3 aromatic rings. The van der Waals surface area contributed by atoms with Gasteiger partial charge in [-0.2, -0.15) is 0 Å². The first-order valence-electron chi connectivity index (χ1n) is 11.0. The molecule has 0 bridgehead atoms. The maximum Gasteiger partial charge on any atom is 0.322 e. The summed E-state index contributed by atoms with van der Waals surface area (Å²) in [5.74, 6) is 1.32. The number of ketones is 1. The van der Waals surface area contributed by atoms with Gasteiger partial charge in [0.1, 0.15) is 11.5 Å². The third-order valence-corrected chi connectivity index (χ3v) is 6.35. The zero-order chi connectivity index (χ0) is 23.5. The lowest BCUT2D eigenvalue weighted by Gasteiger charge is -2.34. The average Bonchev–Trinajstić information content (AvgIpc) is 3.09. The number of rotatable bonds is 6. The van der Waals surface area contributed by atoms with E-state index >= 15 is 0 Å². The molecule has 8 nitrogen and oxygen atoms in total. The number of carbonyl (C=O) groups excluding carboxylic acids is 2. The summed E-state index contributed by atoms with van der Waals surface area (Å²) in [6.45, 7) is 4.69. The Morgan fingerprint density at radius 1 is 1.00 bits per heavy atom. The van der Waals surface area contributed by atoms with Crippen LogP contribution in [-0.4, -0.2) is 73.1 Å². The molecule has 2 amide bonds. The Morgan fingerprint density at radius 3 is 2.42 bits per heavy atom. The van der Waals surface area contributed by atoms with E-state index in [4.69, 9.17) is 9.47 Å². The number of ether oxygens (including phenoxy) is 2. The molecule has 33 heavy (non-hydrogen) atoms. The topological polar surface area (TPSA) is 76.0 Å². The number of nitrogens with zero attached hydrogens (tertiary/aromatic N) is 3. The number of aromatic nitrogens is 1. The van der Waals surface area contributed by atoms with Gasteiger partial charge in [0, 0.05) is 61.5 Å². The number of carbonyl (C=O) groups is 2. The summed E-state index contributed by atoms with van der Waals surface area (Å²) < 4.78 is 12.7. The number of anilines is 1. The van der Waals surface area contributed by atoms with E-state index in [0.717, 1.165) is 22.2 Å². The van der Waals surface area contributed by atoms with Crippen molar-refractivity contribution in [2.24, 2.45) is 7.05 Å². The molecule has 1 saturated heterocycles. The quantitative estimate of drug-likeness (QED) is 0.582. The van der Waals surface area contributed by atoms with Crippen LogP contribution >= 0.6 is 0 Å². The molecular weight excluding hydrogens is 420 g/mol. The fourth-order valence-corrected chi connectivity index (χ4v) is 4.37. The van der Waals surface area contributed by atoms with Gasteiger partial charge in [-0.25, -0.2) is 4.79 Å². The van der Waals surface area contributed by atoms with E-state index in [1.165, 1.54) is 0 Å². The molecular formula is C25H30N4O4. The van der Waals surface area contributed by atoms with Gasteiger partial charge in [-0.15, -0.1) is 0 Å². The summed E-state index contributed by atoms with van der Waals surface area (Å²) in [6, 6.07) is 13.1. The molecule has 8 heteroatoms. The lowest BCUT2D eigenvalue weighted by Crippen LogP contribution is -2.51. The van der Waals surface area contributed by atoms with Crippen LogP contribution in [-0.2, 0) is 7.05 Å². The van der Waals surface area contributed by atoms with E-state index in [-0.39, 0.29) is 11.8 Å². The number of Topliss-reactive ketones (excluding diaryl/α,β-unsaturated/α-hetero) is 1. The molecule has 0 radical (unpaired) electrons. The zero-order valence-electron chi connectivity index (χ0n) is 19.6. The number of urea groups is 1. The fourth-order valence-electron chi connectivity index (χ4n) is 4.37. The molecule has 0 atom stereocenters. The molecule has 0 aliphatic carbocycles. The first-order valence-corrected chi connectivity index (χ1v) is 11.0. The second kappa shape index (κ2) is 9.54. The molecule has 0 saturated carbocycles. The molecule has 0 spiro atoms. The first-order chi connectivity index (χ1) is 15.9. The highest BCUT2D eigenvalue weighted by Crippen LogP contribution is 2.29. The van der Waals surface area contributed by atoms with Gasteiger partial charge in [0.25, 0.3) is 0 Å². The summed E-state index contributed by atoms with van der Waals surface area (Å²) >= 11 is 0. The van der Waals surface area contributed by atoms with Gasteiger partial charge in [0.05, 0.1) is 26.5 Å². The van der Waals surface area contributed by atoms with Gasteiger partial charge in [-0.3, -0.25) is 9.69 Å². The number of nitrogens with one attached hydrogen (secondary N) is 1. The van der Waals surface area contributed by atoms with Crippen molar-refractivity contribution in [3.63, 3.8) is 0 Å². The van der Waals surface area contributed by atoms with Crippen molar-refractivity contribution >= 4 is 28.4 Å². The van der Waals surface area contributed by atoms with Crippen molar-refractivity contribution in [1.82, 2.24) is 14.4 Å². The van der Waals surface area contributed by atoms with E-state index in [1.807, 2.05) is 38.2 Å². The number of hydrogen-bond donors (Lipinski definition) is 1. The van der Waals surface area contributed by atoms with Crippen LogP contribution in [0.4, 0.5) is 10.5 Å². The molecule has 1 aromatic heterocycles. The number of amides is 2. The number of piperazine rings is 1. The van der Waals surface area contributed by atoms with Crippen LogP contribution in [0.2, 0.25) is 0 Å². The van der Waals surface area contributed by atoms with Gasteiger partial charge in [0.2, 0.25) is 0 Å². The summed E-state index contributed by atoms with van der Waals surface area (Å²) in [4.78, 5) is 29.8. The standard InChI is InChI=1S/C25H30N4O4/c1-17-24(19-7-5-6-8-21(19)27(17)2)22(30)16-28-11-13-29(14-12-28)25(31)26-20-15-18(32-3)9-10-23(20)33-4/h5-10,15H,11-14,16H2,1-4H3,(H,26,31). The van der Waals surface area contributed by atoms with E-state index in [2.05, 4.69) is 14.8 Å². The Kier molecular flexibility index (Phi) is 6.55. The number of benzene rings is 2. The van der Waals surface area contributed by atoms with Crippen LogP contribution in [0.3, 0.4) is 0 Å². The van der Waals surface area contributed by atoms with Crippen LogP contribution in [0.5, 0.6) is 11.5 Å². The van der Waals surface area contributed by atoms with Crippen molar-refractivity contribution < 1.29 is 19.1 Å². The molecule has 4 rings (SSSR count). The predicted octanol–water partition coefficient (Wildman–Crippen LogP) is 3.54. The Morgan fingerprint density at radius 2 is 1.73 bits per heavy atom. The van der Waals surface area contributed by atoms with Crippen molar-refractivity contribution in [3.05, 3.63) is 53.7 Å². The van der Waals surface area contributed by atoms with Crippen LogP contribution in [0.15, 0.2) is 42.5 Å². The summed E-state index contributed by atoms with van der Waals surface area (Å²) in [7, 11) is 5.13.